The van der Waals surface area contributed by atoms with Crippen molar-refractivity contribution in [3.63, 3.8) is 0 Å². The van der Waals surface area contributed by atoms with Gasteiger partial charge in [-0.15, -0.1) is 0 Å². The lowest BCUT2D eigenvalue weighted by Crippen LogP contribution is -2.15. The second-order valence-corrected chi connectivity index (χ2v) is 4.92. The van der Waals surface area contributed by atoms with Gasteiger partial charge in [0.1, 0.15) is 0 Å². The molecule has 1 aliphatic rings. The molecule has 0 saturated heterocycles. The maximum absolute atomic E-state index is 12.5. The first-order chi connectivity index (χ1) is 10.2. The Morgan fingerprint density at radius 2 is 2.14 bits per heavy atom. The van der Waals surface area contributed by atoms with Crippen molar-refractivity contribution in [2.75, 3.05) is 7.11 Å². The number of carbonyl (C=O) groups is 2. The summed E-state index contributed by atoms with van der Waals surface area (Å²) < 4.78 is 9.71. The van der Waals surface area contributed by atoms with E-state index in [1.165, 1.54) is 7.11 Å². The SMILES string of the molecule is COC(=O)c1ccc2c(c1)CCC(=Cc1ccoc1)C2=O. The number of methoxy groups -OCH3 is 1. The molecule has 4 heteroatoms. The summed E-state index contributed by atoms with van der Waals surface area (Å²) in [5.74, 6) is -0.376. The summed E-state index contributed by atoms with van der Waals surface area (Å²) >= 11 is 0. The van der Waals surface area contributed by atoms with Crippen molar-refractivity contribution in [1.82, 2.24) is 0 Å². The summed E-state index contributed by atoms with van der Waals surface area (Å²) in [6.45, 7) is 0. The van der Waals surface area contributed by atoms with E-state index in [9.17, 15) is 9.59 Å². The third kappa shape index (κ3) is 2.52. The summed E-state index contributed by atoms with van der Waals surface area (Å²) in [6, 6.07) is 6.89. The lowest BCUT2D eigenvalue weighted by Gasteiger charge is -2.18. The molecule has 1 aliphatic carbocycles. The zero-order valence-electron chi connectivity index (χ0n) is 11.6. The number of carbonyl (C=O) groups excluding carboxylic acids is 2. The molecule has 0 bridgehead atoms. The van der Waals surface area contributed by atoms with E-state index in [1.807, 2.05) is 12.1 Å². The molecule has 0 radical (unpaired) electrons. The molecule has 1 aromatic heterocycles. The number of rotatable bonds is 2. The molecule has 21 heavy (non-hydrogen) atoms. The molecule has 3 rings (SSSR count). The van der Waals surface area contributed by atoms with Crippen molar-refractivity contribution in [1.29, 1.82) is 0 Å². The summed E-state index contributed by atoms with van der Waals surface area (Å²) in [5, 5.41) is 0. The number of ketones is 1. The van der Waals surface area contributed by atoms with Crippen molar-refractivity contribution >= 4 is 17.8 Å². The highest BCUT2D eigenvalue weighted by atomic mass is 16.5. The number of aryl methyl sites for hydroxylation is 1. The first kappa shape index (κ1) is 13.4. The molecule has 2 aromatic rings. The van der Waals surface area contributed by atoms with Crippen molar-refractivity contribution in [3.05, 3.63) is 64.6 Å². The average molecular weight is 282 g/mol. The van der Waals surface area contributed by atoms with Gasteiger partial charge >= 0.3 is 5.97 Å². The number of benzene rings is 1. The van der Waals surface area contributed by atoms with Gasteiger partial charge in [0.25, 0.3) is 0 Å². The van der Waals surface area contributed by atoms with Crippen LogP contribution in [0, 0.1) is 0 Å². The summed E-state index contributed by atoms with van der Waals surface area (Å²) in [7, 11) is 1.35. The Hall–Kier alpha value is -2.62. The second kappa shape index (κ2) is 5.40. The van der Waals surface area contributed by atoms with E-state index in [4.69, 9.17) is 9.15 Å². The van der Waals surface area contributed by atoms with Gasteiger partial charge in [0.05, 0.1) is 25.2 Å². The van der Waals surface area contributed by atoms with E-state index in [-0.39, 0.29) is 11.8 Å². The lowest BCUT2D eigenvalue weighted by atomic mass is 9.85. The first-order valence-corrected chi connectivity index (χ1v) is 6.68. The fourth-order valence-corrected chi connectivity index (χ4v) is 2.52. The third-order valence-electron chi connectivity index (χ3n) is 3.61. The molecule has 0 spiro atoms. The number of hydrogen-bond acceptors (Lipinski definition) is 4. The van der Waals surface area contributed by atoms with Gasteiger partial charge in [-0.25, -0.2) is 4.79 Å². The van der Waals surface area contributed by atoms with Gasteiger partial charge in [-0.1, -0.05) is 0 Å². The molecule has 0 aliphatic heterocycles. The van der Waals surface area contributed by atoms with Gasteiger partial charge in [0, 0.05) is 16.7 Å². The molecule has 0 fully saturated rings. The number of ether oxygens (including phenoxy) is 1. The average Bonchev–Trinajstić information content (AvgIpc) is 3.02. The minimum absolute atomic E-state index is 0.00821. The summed E-state index contributed by atoms with van der Waals surface area (Å²) in [4.78, 5) is 24.0. The molecule has 0 saturated carbocycles. The highest BCUT2D eigenvalue weighted by Gasteiger charge is 2.23. The van der Waals surface area contributed by atoms with Crippen LogP contribution in [0.2, 0.25) is 0 Å². The van der Waals surface area contributed by atoms with Gasteiger partial charge in [-0.3, -0.25) is 4.79 Å². The minimum atomic E-state index is -0.384. The molecule has 1 heterocycles. The Morgan fingerprint density at radius 3 is 2.86 bits per heavy atom. The zero-order chi connectivity index (χ0) is 14.8. The predicted octanol–water partition coefficient (Wildman–Crippen LogP) is 3.28. The maximum atomic E-state index is 12.5. The molecule has 4 nitrogen and oxygen atoms in total. The van der Waals surface area contributed by atoms with Crippen LogP contribution in [0.3, 0.4) is 0 Å². The largest absolute Gasteiger partial charge is 0.472 e. The summed E-state index contributed by atoms with van der Waals surface area (Å²) in [6.07, 6.45) is 6.42. The topological polar surface area (TPSA) is 56.5 Å². The fraction of sp³-hybridized carbons (Fsp3) is 0.176. The van der Waals surface area contributed by atoms with E-state index < -0.39 is 0 Å². The molecule has 106 valence electrons. The van der Waals surface area contributed by atoms with Crippen LogP contribution in [-0.2, 0) is 11.2 Å². The highest BCUT2D eigenvalue weighted by Crippen LogP contribution is 2.27. The predicted molar refractivity (Wildman–Crippen MR) is 77.1 cm³/mol. The number of esters is 1. The fourth-order valence-electron chi connectivity index (χ4n) is 2.52. The lowest BCUT2D eigenvalue weighted by molar-refractivity contribution is 0.0600. The molecule has 0 unspecified atom stereocenters. The van der Waals surface area contributed by atoms with Gasteiger partial charge in [-0.05, 0) is 48.7 Å². The Kier molecular flexibility index (Phi) is 3.44. The van der Waals surface area contributed by atoms with Crippen LogP contribution >= 0.6 is 0 Å². The molecule has 0 N–H and O–H groups in total. The Labute approximate surface area is 122 Å². The highest BCUT2D eigenvalue weighted by molar-refractivity contribution is 6.13. The number of allylic oxidation sites excluding steroid dienone is 1. The van der Waals surface area contributed by atoms with E-state index in [0.717, 1.165) is 23.1 Å². The number of Topliss-reactive ketones (excluding diaryl/α,β-unsaturated/α-hetero) is 1. The van der Waals surface area contributed by atoms with E-state index in [2.05, 4.69) is 0 Å². The maximum Gasteiger partial charge on any atom is 0.337 e. The van der Waals surface area contributed by atoms with Crippen LogP contribution in [0.1, 0.15) is 38.3 Å². The van der Waals surface area contributed by atoms with Crippen LogP contribution in [0.25, 0.3) is 6.08 Å². The molecule has 1 aromatic carbocycles. The van der Waals surface area contributed by atoms with E-state index in [1.54, 1.807) is 30.7 Å². The number of hydrogen-bond donors (Lipinski definition) is 0. The van der Waals surface area contributed by atoms with E-state index >= 15 is 0 Å². The standard InChI is InChI=1S/C17H14O4/c1-20-17(19)14-4-5-15-12(9-14)2-3-13(16(15)18)8-11-6-7-21-10-11/h4-10H,2-3H2,1H3. The number of fused-ring (bicyclic) bond motifs is 1. The molecule has 0 amide bonds. The van der Waals surface area contributed by atoms with Gasteiger partial charge in [0.2, 0.25) is 0 Å². The van der Waals surface area contributed by atoms with Crippen molar-refractivity contribution in [3.8, 4) is 0 Å². The third-order valence-corrected chi connectivity index (χ3v) is 3.61. The number of furan rings is 1. The molecule has 0 atom stereocenters. The van der Waals surface area contributed by atoms with Crippen LogP contribution < -0.4 is 0 Å². The second-order valence-electron chi connectivity index (χ2n) is 4.92. The van der Waals surface area contributed by atoms with Gasteiger partial charge < -0.3 is 9.15 Å². The molecular weight excluding hydrogens is 268 g/mol. The molecular formula is C17H14O4. The van der Waals surface area contributed by atoms with Gasteiger partial charge in [-0.2, -0.15) is 0 Å². The quantitative estimate of drug-likeness (QED) is 0.626. The van der Waals surface area contributed by atoms with Crippen molar-refractivity contribution < 1.29 is 18.7 Å². The zero-order valence-corrected chi connectivity index (χ0v) is 11.6. The Bertz CT molecular complexity index is 723. The Morgan fingerprint density at radius 1 is 1.29 bits per heavy atom. The normalized spacial score (nSPS) is 15.9. The smallest absolute Gasteiger partial charge is 0.337 e. The first-order valence-electron chi connectivity index (χ1n) is 6.68. The summed E-state index contributed by atoms with van der Waals surface area (Å²) in [5.41, 5.74) is 3.67. The van der Waals surface area contributed by atoms with Crippen LogP contribution in [-0.4, -0.2) is 18.9 Å². The van der Waals surface area contributed by atoms with Gasteiger partial charge in [0.15, 0.2) is 5.78 Å². The van der Waals surface area contributed by atoms with Crippen LogP contribution in [0.4, 0.5) is 0 Å². The minimum Gasteiger partial charge on any atom is -0.472 e. The van der Waals surface area contributed by atoms with E-state index in [0.29, 0.717) is 17.5 Å². The van der Waals surface area contributed by atoms with Crippen molar-refractivity contribution in [2.45, 2.75) is 12.8 Å². The van der Waals surface area contributed by atoms with Crippen molar-refractivity contribution in [2.24, 2.45) is 0 Å². The van der Waals surface area contributed by atoms with Crippen LogP contribution in [0.5, 0.6) is 0 Å². The Balaban J connectivity index is 1.94. The monoisotopic (exact) mass is 282 g/mol. The van der Waals surface area contributed by atoms with Crippen LogP contribution in [0.15, 0.2) is 46.8 Å².